The van der Waals surface area contributed by atoms with Crippen LogP contribution in [0, 0.1) is 0 Å². The summed E-state index contributed by atoms with van der Waals surface area (Å²) in [5.41, 5.74) is 12.2. The monoisotopic (exact) mass is 998 g/mol. The molecule has 2 nitrogen and oxygen atoms in total. The van der Waals surface area contributed by atoms with Crippen molar-refractivity contribution in [3.05, 3.63) is 303 Å². The Balaban J connectivity index is 0.990. The van der Waals surface area contributed by atoms with Gasteiger partial charge in [0.15, 0.2) is 16.1 Å². The number of nitrogens with zero attached hydrogens (tertiary/aromatic N) is 2. The van der Waals surface area contributed by atoms with Gasteiger partial charge in [-0.05, 0) is 100 Å². The van der Waals surface area contributed by atoms with E-state index in [9.17, 15) is 0 Å². The minimum absolute atomic E-state index is 1.14. The average molecular weight is 999 g/mol. The molecule has 0 saturated heterocycles. The topological polar surface area (TPSA) is 9.86 Å². The molecular formula is C72H50N2Si2. The van der Waals surface area contributed by atoms with Gasteiger partial charge in [-0.1, -0.05) is 267 Å². The molecule has 0 radical (unpaired) electrons. The Labute approximate surface area is 444 Å². The minimum Gasteiger partial charge on any atom is -0.307 e. The van der Waals surface area contributed by atoms with Gasteiger partial charge >= 0.3 is 0 Å². The van der Waals surface area contributed by atoms with E-state index in [-0.39, 0.29) is 0 Å². The van der Waals surface area contributed by atoms with Crippen LogP contribution in [0.5, 0.6) is 0 Å². The van der Waals surface area contributed by atoms with Gasteiger partial charge in [0.2, 0.25) is 0 Å². The maximum absolute atomic E-state index is 2.85. The summed E-state index contributed by atoms with van der Waals surface area (Å²) in [5, 5.41) is 16.0. The van der Waals surface area contributed by atoms with E-state index < -0.39 is 16.1 Å². The van der Waals surface area contributed by atoms with E-state index in [0.29, 0.717) is 0 Å². The second-order valence-electron chi connectivity index (χ2n) is 20.3. The SMILES string of the molecule is c1ccc([Si](c2ccccc2)(c2ccccc2)c2cccc(-n3c4ccccc4c4cccc(-n5c6ccccc6c6ccc(-c7cccc8c7-c7ccccc7[Si]8(c7ccccc7)c7ccccc7)cc65)c43)c2)cc1. The Hall–Kier alpha value is -9.33. The van der Waals surface area contributed by atoms with Crippen molar-refractivity contribution in [3.8, 4) is 33.6 Å². The summed E-state index contributed by atoms with van der Waals surface area (Å²) in [7, 11) is -5.55. The van der Waals surface area contributed by atoms with E-state index in [4.69, 9.17) is 0 Å². The number of para-hydroxylation sites is 3. The number of aromatic nitrogens is 2. The zero-order valence-corrected chi connectivity index (χ0v) is 43.8. The quantitative estimate of drug-likeness (QED) is 0.101. The Morgan fingerprint density at radius 1 is 0.289 bits per heavy atom. The molecule has 14 aromatic rings. The maximum Gasteiger partial charge on any atom is 0.180 e. The van der Waals surface area contributed by atoms with E-state index in [1.165, 1.54) is 107 Å². The first kappa shape index (κ1) is 44.2. The van der Waals surface area contributed by atoms with Crippen LogP contribution in [0.15, 0.2) is 303 Å². The summed E-state index contributed by atoms with van der Waals surface area (Å²) >= 11 is 0. The molecule has 0 spiro atoms. The molecule has 0 unspecified atom stereocenters. The first-order chi connectivity index (χ1) is 37.7. The second kappa shape index (κ2) is 17.7. The van der Waals surface area contributed by atoms with Crippen molar-refractivity contribution in [1.29, 1.82) is 0 Å². The molecule has 0 aliphatic carbocycles. The van der Waals surface area contributed by atoms with Crippen LogP contribution < -0.4 is 41.5 Å². The van der Waals surface area contributed by atoms with Crippen molar-refractivity contribution in [1.82, 2.24) is 9.13 Å². The molecule has 3 heterocycles. The van der Waals surface area contributed by atoms with Crippen LogP contribution >= 0.6 is 0 Å². The van der Waals surface area contributed by atoms with Gasteiger partial charge in [0, 0.05) is 27.2 Å². The molecule has 12 aromatic carbocycles. The van der Waals surface area contributed by atoms with Crippen molar-refractivity contribution >= 4 is 101 Å². The third-order valence-corrected chi connectivity index (χ3v) is 26.2. The van der Waals surface area contributed by atoms with Gasteiger partial charge in [0.1, 0.15) is 0 Å². The van der Waals surface area contributed by atoms with Crippen molar-refractivity contribution < 1.29 is 0 Å². The number of rotatable bonds is 9. The zero-order valence-electron chi connectivity index (χ0n) is 41.8. The standard InChI is InChI=1S/C72H50N2Si2/c1-6-26-53(27-7-1)75(54-28-8-2-9-29-54,55-30-10-3-11-31-55)58-36-22-25-52(50-58)73-65-42-19-17-38-61(65)63-41-23-44-67(72(63)73)74-66-43-20-16-37-60(66)62-48-47-51(49-68(62)74)59-40-24-46-70-71(59)64-39-18-21-45-69(64)76(70,56-32-12-4-13-33-56)57-34-14-5-15-35-57/h1-50H. The van der Waals surface area contributed by atoms with Crippen molar-refractivity contribution in [2.75, 3.05) is 0 Å². The second-order valence-corrected chi connectivity index (χ2v) is 27.8. The fraction of sp³-hybridized carbons (Fsp3) is 0. The molecule has 0 fully saturated rings. The Morgan fingerprint density at radius 2 is 0.750 bits per heavy atom. The van der Waals surface area contributed by atoms with Gasteiger partial charge in [-0.2, -0.15) is 0 Å². The number of benzene rings is 12. The van der Waals surface area contributed by atoms with Crippen molar-refractivity contribution in [2.24, 2.45) is 0 Å². The Bertz CT molecular complexity index is 4370. The van der Waals surface area contributed by atoms with E-state index in [1.54, 1.807) is 0 Å². The van der Waals surface area contributed by atoms with Crippen LogP contribution in [-0.4, -0.2) is 25.3 Å². The van der Waals surface area contributed by atoms with E-state index >= 15 is 0 Å². The van der Waals surface area contributed by atoms with Crippen LogP contribution in [-0.2, 0) is 0 Å². The highest BCUT2D eigenvalue weighted by Crippen LogP contribution is 2.43. The van der Waals surface area contributed by atoms with Gasteiger partial charge in [-0.15, -0.1) is 0 Å². The molecule has 0 atom stereocenters. The van der Waals surface area contributed by atoms with Crippen LogP contribution in [0.25, 0.3) is 77.2 Å². The lowest BCUT2D eigenvalue weighted by Gasteiger charge is -2.34. The first-order valence-corrected chi connectivity index (χ1v) is 30.4. The summed E-state index contributed by atoms with van der Waals surface area (Å²) < 4.78 is 5.10. The largest absolute Gasteiger partial charge is 0.307 e. The molecule has 0 bridgehead atoms. The molecular weight excluding hydrogens is 949 g/mol. The molecule has 15 rings (SSSR count). The highest BCUT2D eigenvalue weighted by molar-refractivity contribution is 7.22. The predicted molar refractivity (Wildman–Crippen MR) is 327 cm³/mol. The molecule has 76 heavy (non-hydrogen) atoms. The predicted octanol–water partition coefficient (Wildman–Crippen LogP) is 12.3. The van der Waals surface area contributed by atoms with Crippen LogP contribution in [0.4, 0.5) is 0 Å². The highest BCUT2D eigenvalue weighted by Gasteiger charge is 2.49. The number of fused-ring (bicyclic) bond motifs is 9. The summed E-state index contributed by atoms with van der Waals surface area (Å²) in [5.74, 6) is 0. The molecule has 356 valence electrons. The van der Waals surface area contributed by atoms with Gasteiger partial charge in [0.05, 0.1) is 27.8 Å². The lowest BCUT2D eigenvalue weighted by Crippen LogP contribution is -2.74. The molecule has 1 aliphatic rings. The summed E-state index contributed by atoms with van der Waals surface area (Å²) in [6.07, 6.45) is 0. The van der Waals surface area contributed by atoms with Crippen LogP contribution in [0.3, 0.4) is 0 Å². The fourth-order valence-corrected chi connectivity index (χ4v) is 23.5. The summed E-state index contributed by atoms with van der Waals surface area (Å²) in [6.45, 7) is 0. The fourth-order valence-electron chi connectivity index (χ4n) is 13.5. The highest BCUT2D eigenvalue weighted by atomic mass is 28.3. The normalized spacial score (nSPS) is 12.8. The summed E-state index contributed by atoms with van der Waals surface area (Å²) in [4.78, 5) is 0. The molecule has 2 aromatic heterocycles. The molecule has 0 amide bonds. The van der Waals surface area contributed by atoms with Crippen molar-refractivity contribution in [3.63, 3.8) is 0 Å². The molecule has 4 heteroatoms. The third kappa shape index (κ3) is 6.38. The van der Waals surface area contributed by atoms with Gasteiger partial charge in [-0.3, -0.25) is 0 Å². The van der Waals surface area contributed by atoms with Crippen LogP contribution in [0.1, 0.15) is 0 Å². The molecule has 1 aliphatic heterocycles. The lowest BCUT2D eigenvalue weighted by molar-refractivity contribution is 1.13. The third-order valence-electron chi connectivity index (χ3n) is 16.5. The molecule has 0 saturated carbocycles. The summed E-state index contributed by atoms with van der Waals surface area (Å²) in [6, 6.07) is 114. The smallest absolute Gasteiger partial charge is 0.180 e. The van der Waals surface area contributed by atoms with Gasteiger partial charge in [0.25, 0.3) is 0 Å². The van der Waals surface area contributed by atoms with E-state index in [0.717, 1.165) is 11.4 Å². The average Bonchev–Trinajstić information content (AvgIpc) is 4.16. The lowest BCUT2D eigenvalue weighted by atomic mass is 9.94. The van der Waals surface area contributed by atoms with Gasteiger partial charge in [-0.25, -0.2) is 0 Å². The Morgan fingerprint density at radius 3 is 1.39 bits per heavy atom. The van der Waals surface area contributed by atoms with Crippen molar-refractivity contribution in [2.45, 2.75) is 0 Å². The van der Waals surface area contributed by atoms with E-state index in [1.807, 2.05) is 0 Å². The van der Waals surface area contributed by atoms with E-state index in [2.05, 4.69) is 312 Å². The Kier molecular flexibility index (Phi) is 10.3. The number of hydrogen-bond donors (Lipinski definition) is 0. The molecule has 0 N–H and O–H groups in total. The maximum atomic E-state index is 2.55. The first-order valence-electron chi connectivity index (χ1n) is 26.4. The van der Waals surface area contributed by atoms with Gasteiger partial charge < -0.3 is 9.13 Å². The van der Waals surface area contributed by atoms with Crippen LogP contribution in [0.2, 0.25) is 0 Å². The minimum atomic E-state index is -2.85. The number of hydrogen-bond acceptors (Lipinski definition) is 0. The zero-order chi connectivity index (χ0) is 50.2.